The molecule has 0 spiro atoms. The summed E-state index contributed by atoms with van der Waals surface area (Å²) >= 11 is 0. The molecule has 7 nitrogen and oxygen atoms in total. The van der Waals surface area contributed by atoms with Crippen LogP contribution in [0.5, 0.6) is 0 Å². The van der Waals surface area contributed by atoms with Gasteiger partial charge in [-0.3, -0.25) is 0 Å². The van der Waals surface area contributed by atoms with Crippen molar-refractivity contribution >= 4 is 22.6 Å². The zero-order chi connectivity index (χ0) is 22.0. The molecule has 0 aromatic carbocycles. The molecule has 5 rings (SSSR count). The van der Waals surface area contributed by atoms with Crippen molar-refractivity contribution in [1.29, 1.82) is 0 Å². The van der Waals surface area contributed by atoms with Gasteiger partial charge in [0.1, 0.15) is 5.82 Å². The highest BCUT2D eigenvalue weighted by molar-refractivity contribution is 5.85. The number of fused-ring (bicyclic) bond motifs is 2. The molecule has 31 heavy (non-hydrogen) atoms. The molecule has 1 fully saturated rings. The van der Waals surface area contributed by atoms with Gasteiger partial charge in [0.05, 0.1) is 22.6 Å². The number of nitrogens with one attached hydrogen (secondary N) is 1. The number of aromatic nitrogens is 6. The van der Waals surface area contributed by atoms with Gasteiger partial charge in [-0.2, -0.15) is 13.2 Å². The third kappa shape index (κ3) is 3.21. The second-order valence-corrected chi connectivity index (χ2v) is 8.46. The molecule has 162 valence electrons. The van der Waals surface area contributed by atoms with Crippen LogP contribution in [0.2, 0.25) is 0 Å². The lowest BCUT2D eigenvalue weighted by atomic mass is 10.1. The predicted molar refractivity (Wildman–Crippen MR) is 111 cm³/mol. The number of rotatable bonds is 5. The highest BCUT2D eigenvalue weighted by Crippen LogP contribution is 2.57. The topological polar surface area (TPSA) is 72.9 Å². The zero-order valence-corrected chi connectivity index (χ0v) is 17.4. The molecular formula is C21H22F3N7. The van der Waals surface area contributed by atoms with E-state index in [9.17, 15) is 13.2 Å². The highest BCUT2D eigenvalue weighted by Gasteiger charge is 2.62. The van der Waals surface area contributed by atoms with Crippen molar-refractivity contribution in [3.05, 3.63) is 36.5 Å². The van der Waals surface area contributed by atoms with Crippen LogP contribution in [-0.4, -0.2) is 41.9 Å². The molecule has 0 unspecified atom stereocenters. The Labute approximate surface area is 176 Å². The van der Waals surface area contributed by atoms with Crippen LogP contribution in [-0.2, 0) is 0 Å². The van der Waals surface area contributed by atoms with Crippen LogP contribution in [0.3, 0.4) is 0 Å². The van der Waals surface area contributed by atoms with E-state index < -0.39 is 11.6 Å². The molecule has 4 aromatic heterocycles. The third-order valence-electron chi connectivity index (χ3n) is 6.01. The van der Waals surface area contributed by atoms with E-state index in [2.05, 4.69) is 43.8 Å². The first kappa shape index (κ1) is 19.8. The summed E-state index contributed by atoms with van der Waals surface area (Å²) in [5.74, 6) is 1.08. The lowest BCUT2D eigenvalue weighted by molar-refractivity contribution is -0.182. The average molecular weight is 429 g/mol. The maximum atomic E-state index is 13.1. The summed E-state index contributed by atoms with van der Waals surface area (Å²) in [6.07, 6.45) is 1.22. The number of imidazole rings is 1. The Morgan fingerprint density at radius 3 is 2.61 bits per heavy atom. The first-order chi connectivity index (χ1) is 14.7. The third-order valence-corrected chi connectivity index (χ3v) is 6.01. The van der Waals surface area contributed by atoms with Gasteiger partial charge in [-0.25, -0.2) is 19.5 Å². The van der Waals surface area contributed by atoms with Gasteiger partial charge in [0.15, 0.2) is 5.65 Å². The van der Waals surface area contributed by atoms with E-state index in [1.165, 1.54) is 0 Å². The second-order valence-electron chi connectivity index (χ2n) is 8.46. The standard InChI is InChI=1S/C21H22F3N7/c1-12(2)31-13(3)28-18-16(31)8-14(9-25-18)15-4-7-30-17(15)10-26-19(29-30)27-11-20(5-6-20)21(22,23)24/h4,7-10,12H,5-6,11H2,1-3H3,(H,27,29). The molecule has 0 bridgehead atoms. The first-order valence-electron chi connectivity index (χ1n) is 10.2. The molecule has 1 aliphatic carbocycles. The van der Waals surface area contributed by atoms with Crippen LogP contribution in [0.25, 0.3) is 27.8 Å². The van der Waals surface area contributed by atoms with E-state index in [0.29, 0.717) is 5.65 Å². The van der Waals surface area contributed by atoms with Crippen LogP contribution in [0.15, 0.2) is 30.7 Å². The Kier molecular flexibility index (Phi) is 4.25. The number of nitrogens with zero attached hydrogens (tertiary/aromatic N) is 6. The lowest BCUT2D eigenvalue weighted by Crippen LogP contribution is -2.32. The minimum atomic E-state index is -4.21. The van der Waals surface area contributed by atoms with Gasteiger partial charge in [0.25, 0.3) is 0 Å². The van der Waals surface area contributed by atoms with Gasteiger partial charge in [-0.1, -0.05) is 0 Å². The van der Waals surface area contributed by atoms with E-state index in [1.807, 2.05) is 19.1 Å². The molecule has 4 aromatic rings. The fourth-order valence-corrected chi connectivity index (χ4v) is 4.07. The number of aryl methyl sites for hydroxylation is 1. The number of alkyl halides is 3. The summed E-state index contributed by atoms with van der Waals surface area (Å²) < 4.78 is 43.2. The summed E-state index contributed by atoms with van der Waals surface area (Å²) in [5, 5.41) is 7.09. The summed E-state index contributed by atoms with van der Waals surface area (Å²) in [6.45, 7) is 5.94. The Balaban J connectivity index is 1.46. The quantitative estimate of drug-likeness (QED) is 0.494. The first-order valence-corrected chi connectivity index (χ1v) is 10.2. The van der Waals surface area contributed by atoms with Gasteiger partial charge in [0.2, 0.25) is 5.95 Å². The van der Waals surface area contributed by atoms with Crippen LogP contribution in [0, 0.1) is 12.3 Å². The summed E-state index contributed by atoms with van der Waals surface area (Å²) in [4.78, 5) is 13.3. The van der Waals surface area contributed by atoms with Gasteiger partial charge in [-0.15, -0.1) is 5.10 Å². The number of anilines is 1. The van der Waals surface area contributed by atoms with Crippen molar-refractivity contribution in [2.24, 2.45) is 5.41 Å². The molecule has 0 atom stereocenters. The molecule has 0 aliphatic heterocycles. The van der Waals surface area contributed by atoms with Gasteiger partial charge < -0.3 is 9.88 Å². The minimum Gasteiger partial charge on any atom is -0.352 e. The van der Waals surface area contributed by atoms with Crippen molar-refractivity contribution in [2.45, 2.75) is 45.8 Å². The lowest BCUT2D eigenvalue weighted by Gasteiger charge is -2.19. The smallest absolute Gasteiger partial charge is 0.352 e. The van der Waals surface area contributed by atoms with Crippen LogP contribution in [0.1, 0.15) is 38.6 Å². The van der Waals surface area contributed by atoms with Crippen LogP contribution in [0.4, 0.5) is 19.1 Å². The Morgan fingerprint density at radius 1 is 1.16 bits per heavy atom. The molecular weight excluding hydrogens is 407 g/mol. The van der Waals surface area contributed by atoms with Crippen molar-refractivity contribution in [2.75, 3.05) is 11.9 Å². The number of halogens is 3. The molecule has 1 saturated carbocycles. The van der Waals surface area contributed by atoms with Crippen molar-refractivity contribution < 1.29 is 13.2 Å². The molecule has 1 N–H and O–H groups in total. The van der Waals surface area contributed by atoms with Crippen LogP contribution >= 0.6 is 0 Å². The van der Waals surface area contributed by atoms with E-state index in [-0.39, 0.29) is 31.4 Å². The molecule has 1 aliphatic rings. The normalized spacial score (nSPS) is 15.8. The van der Waals surface area contributed by atoms with Crippen molar-refractivity contribution in [1.82, 2.24) is 29.1 Å². The van der Waals surface area contributed by atoms with Crippen molar-refractivity contribution in [3.63, 3.8) is 0 Å². The molecule has 0 amide bonds. The van der Waals surface area contributed by atoms with E-state index in [1.54, 1.807) is 23.1 Å². The summed E-state index contributed by atoms with van der Waals surface area (Å²) in [5.41, 5.74) is 2.53. The number of pyridine rings is 1. The van der Waals surface area contributed by atoms with Crippen molar-refractivity contribution in [3.8, 4) is 11.1 Å². The van der Waals surface area contributed by atoms with Gasteiger partial charge >= 0.3 is 6.18 Å². The minimum absolute atomic E-state index is 0.140. The molecule has 10 heteroatoms. The average Bonchev–Trinajstić information content (AvgIpc) is 3.29. The summed E-state index contributed by atoms with van der Waals surface area (Å²) in [6, 6.07) is 4.19. The maximum absolute atomic E-state index is 13.1. The fraction of sp³-hybridized carbons (Fsp3) is 0.429. The Morgan fingerprint density at radius 2 is 1.94 bits per heavy atom. The van der Waals surface area contributed by atoms with E-state index in [4.69, 9.17) is 0 Å². The van der Waals surface area contributed by atoms with E-state index >= 15 is 0 Å². The maximum Gasteiger partial charge on any atom is 0.396 e. The Bertz CT molecular complexity index is 1280. The molecule has 0 radical (unpaired) electrons. The van der Waals surface area contributed by atoms with E-state index in [0.717, 1.165) is 28.0 Å². The van der Waals surface area contributed by atoms with Gasteiger partial charge in [0, 0.05) is 36.1 Å². The monoisotopic (exact) mass is 429 g/mol. The number of hydrogen-bond donors (Lipinski definition) is 1. The zero-order valence-electron chi connectivity index (χ0n) is 17.4. The predicted octanol–water partition coefficient (Wildman–Crippen LogP) is 4.78. The highest BCUT2D eigenvalue weighted by atomic mass is 19.4. The molecule has 4 heterocycles. The fourth-order valence-electron chi connectivity index (χ4n) is 4.07. The summed E-state index contributed by atoms with van der Waals surface area (Å²) in [7, 11) is 0. The Hall–Kier alpha value is -3.17. The number of hydrogen-bond acceptors (Lipinski definition) is 5. The van der Waals surface area contributed by atoms with Crippen LogP contribution < -0.4 is 5.32 Å². The SMILES string of the molecule is Cc1nc2ncc(-c3ccn4nc(NCC5(C(F)(F)F)CC5)ncc34)cc2n1C(C)C. The second kappa shape index (κ2) is 6.66. The van der Waals surface area contributed by atoms with Gasteiger partial charge in [-0.05, 0) is 45.7 Å². The largest absolute Gasteiger partial charge is 0.396 e. The molecule has 0 saturated heterocycles.